The van der Waals surface area contributed by atoms with Crippen molar-refractivity contribution in [1.29, 1.82) is 0 Å². The highest BCUT2D eigenvalue weighted by Gasteiger charge is 2.07. The molecule has 3 aromatic rings. The molecule has 0 atom stereocenters. The zero-order valence-electron chi connectivity index (χ0n) is 15.9. The van der Waals surface area contributed by atoms with Crippen LogP contribution in [0.4, 0.5) is 0 Å². The first kappa shape index (κ1) is 18.5. The number of aromatic amines is 1. The molecular weight excluding hydrogens is 342 g/mol. The molecule has 6 heteroatoms. The van der Waals surface area contributed by atoms with Gasteiger partial charge in [-0.05, 0) is 30.5 Å². The lowest BCUT2D eigenvalue weighted by molar-refractivity contribution is 0.777. The van der Waals surface area contributed by atoms with Crippen molar-refractivity contribution >= 4 is 28.2 Å². The number of nitrogens with one attached hydrogen (secondary N) is 3. The van der Waals surface area contributed by atoms with Gasteiger partial charge in [0.1, 0.15) is 0 Å². The van der Waals surface area contributed by atoms with Crippen LogP contribution in [0.25, 0.3) is 10.9 Å². The lowest BCUT2D eigenvalue weighted by atomic mass is 10.1. The Morgan fingerprint density at radius 2 is 2.15 bits per heavy atom. The summed E-state index contributed by atoms with van der Waals surface area (Å²) in [7, 11) is 1.80. The van der Waals surface area contributed by atoms with Gasteiger partial charge in [-0.1, -0.05) is 26.0 Å². The number of benzene rings is 1. The minimum absolute atomic E-state index is 0.478. The highest BCUT2D eigenvalue weighted by Crippen LogP contribution is 2.20. The molecule has 0 radical (unpaired) electrons. The maximum atomic E-state index is 4.65. The summed E-state index contributed by atoms with van der Waals surface area (Å²) in [5.41, 5.74) is 4.86. The molecule has 26 heavy (non-hydrogen) atoms. The Kier molecular flexibility index (Phi) is 5.93. The molecule has 0 saturated heterocycles. The third-order valence-corrected chi connectivity index (χ3v) is 5.53. The quantitative estimate of drug-likeness (QED) is 0.455. The standard InChI is InChI=1S/C20H27N5S/c1-13(2)19-25-16(12-26-19)11-24-20(21-4)22-8-7-15-10-23-18-9-14(3)5-6-17(15)18/h5-6,9-10,12-13,23H,7-8,11H2,1-4H3,(H2,21,22,24). The molecule has 0 unspecified atom stereocenters. The number of aromatic nitrogens is 2. The van der Waals surface area contributed by atoms with E-state index in [1.807, 2.05) is 0 Å². The average Bonchev–Trinajstić information content (AvgIpc) is 3.25. The van der Waals surface area contributed by atoms with Crippen molar-refractivity contribution in [1.82, 2.24) is 20.6 Å². The Morgan fingerprint density at radius 1 is 1.31 bits per heavy atom. The SMILES string of the molecule is CN=C(NCCc1c[nH]c2cc(C)ccc12)NCc1csc(C(C)C)n1. The van der Waals surface area contributed by atoms with E-state index >= 15 is 0 Å². The summed E-state index contributed by atoms with van der Waals surface area (Å²) in [6, 6.07) is 6.54. The monoisotopic (exact) mass is 369 g/mol. The number of hydrogen-bond donors (Lipinski definition) is 3. The van der Waals surface area contributed by atoms with Gasteiger partial charge in [-0.3, -0.25) is 4.99 Å². The first-order valence-electron chi connectivity index (χ1n) is 9.02. The van der Waals surface area contributed by atoms with Gasteiger partial charge in [-0.25, -0.2) is 4.98 Å². The topological polar surface area (TPSA) is 65.1 Å². The van der Waals surface area contributed by atoms with E-state index in [4.69, 9.17) is 0 Å². The summed E-state index contributed by atoms with van der Waals surface area (Å²) in [5.74, 6) is 1.28. The fourth-order valence-electron chi connectivity index (χ4n) is 2.89. The van der Waals surface area contributed by atoms with Crippen LogP contribution < -0.4 is 10.6 Å². The van der Waals surface area contributed by atoms with Gasteiger partial charge in [0, 0.05) is 42.0 Å². The summed E-state index contributed by atoms with van der Waals surface area (Å²) in [6.07, 6.45) is 3.04. The van der Waals surface area contributed by atoms with E-state index in [-0.39, 0.29) is 0 Å². The molecule has 2 heterocycles. The lowest BCUT2D eigenvalue weighted by Gasteiger charge is -2.10. The number of thiazole rings is 1. The second-order valence-corrected chi connectivity index (χ2v) is 7.69. The van der Waals surface area contributed by atoms with Gasteiger partial charge in [0.15, 0.2) is 5.96 Å². The Hall–Kier alpha value is -2.34. The molecule has 0 saturated carbocycles. The number of aryl methyl sites for hydroxylation is 1. The van der Waals surface area contributed by atoms with Crippen molar-refractivity contribution in [3.05, 3.63) is 51.6 Å². The Labute approximate surface area is 159 Å². The van der Waals surface area contributed by atoms with Crippen LogP contribution in [0.5, 0.6) is 0 Å². The van der Waals surface area contributed by atoms with E-state index in [0.717, 1.165) is 24.6 Å². The number of nitrogens with zero attached hydrogens (tertiary/aromatic N) is 2. The molecule has 2 aromatic heterocycles. The summed E-state index contributed by atoms with van der Waals surface area (Å²) in [4.78, 5) is 12.3. The number of aliphatic imine (C=N–C) groups is 1. The molecule has 0 aliphatic heterocycles. The maximum absolute atomic E-state index is 4.65. The molecule has 0 bridgehead atoms. The smallest absolute Gasteiger partial charge is 0.191 e. The van der Waals surface area contributed by atoms with Crippen molar-refractivity contribution in [3.63, 3.8) is 0 Å². The summed E-state index contributed by atoms with van der Waals surface area (Å²) in [5, 5.41) is 11.3. The summed E-state index contributed by atoms with van der Waals surface area (Å²) in [6.45, 7) is 7.97. The fraction of sp³-hybridized carbons (Fsp3) is 0.400. The highest BCUT2D eigenvalue weighted by atomic mass is 32.1. The lowest BCUT2D eigenvalue weighted by Crippen LogP contribution is -2.37. The molecule has 5 nitrogen and oxygen atoms in total. The van der Waals surface area contributed by atoms with Crippen LogP contribution >= 0.6 is 11.3 Å². The van der Waals surface area contributed by atoms with Crippen LogP contribution in [0.15, 0.2) is 34.8 Å². The molecular formula is C20H27N5S. The Morgan fingerprint density at radius 3 is 2.88 bits per heavy atom. The molecule has 1 aromatic carbocycles. The fourth-order valence-corrected chi connectivity index (χ4v) is 3.72. The van der Waals surface area contributed by atoms with E-state index in [9.17, 15) is 0 Å². The van der Waals surface area contributed by atoms with Gasteiger partial charge in [-0.15, -0.1) is 11.3 Å². The minimum atomic E-state index is 0.478. The van der Waals surface area contributed by atoms with Crippen molar-refractivity contribution in [2.45, 2.75) is 39.7 Å². The minimum Gasteiger partial charge on any atom is -0.361 e. The zero-order chi connectivity index (χ0) is 18.5. The first-order chi connectivity index (χ1) is 12.6. The first-order valence-corrected chi connectivity index (χ1v) is 9.90. The van der Waals surface area contributed by atoms with Crippen LogP contribution in [0.3, 0.4) is 0 Å². The van der Waals surface area contributed by atoms with Crippen molar-refractivity contribution in [2.24, 2.45) is 4.99 Å². The van der Waals surface area contributed by atoms with Gasteiger partial charge < -0.3 is 15.6 Å². The van der Waals surface area contributed by atoms with Crippen LogP contribution in [0.1, 0.15) is 41.6 Å². The Balaban J connectivity index is 1.50. The van der Waals surface area contributed by atoms with E-state index in [1.54, 1.807) is 18.4 Å². The van der Waals surface area contributed by atoms with E-state index < -0.39 is 0 Å². The second kappa shape index (κ2) is 8.36. The van der Waals surface area contributed by atoms with Crippen molar-refractivity contribution in [3.8, 4) is 0 Å². The predicted molar refractivity (Wildman–Crippen MR) is 111 cm³/mol. The number of fused-ring (bicyclic) bond motifs is 1. The second-order valence-electron chi connectivity index (χ2n) is 6.80. The van der Waals surface area contributed by atoms with Gasteiger partial charge in [0.05, 0.1) is 17.2 Å². The van der Waals surface area contributed by atoms with E-state index in [2.05, 4.69) is 76.1 Å². The van der Waals surface area contributed by atoms with Crippen LogP contribution in [0, 0.1) is 6.92 Å². The molecule has 0 amide bonds. The van der Waals surface area contributed by atoms with Crippen LogP contribution in [-0.4, -0.2) is 29.5 Å². The number of guanidine groups is 1. The normalized spacial score (nSPS) is 12.1. The number of H-pyrrole nitrogens is 1. The predicted octanol–water partition coefficient (Wildman–Crippen LogP) is 3.96. The third-order valence-electron chi connectivity index (χ3n) is 4.33. The molecule has 138 valence electrons. The maximum Gasteiger partial charge on any atom is 0.191 e. The molecule has 3 N–H and O–H groups in total. The van der Waals surface area contributed by atoms with Gasteiger partial charge >= 0.3 is 0 Å². The Bertz CT molecular complexity index is 891. The molecule has 0 spiro atoms. The van der Waals surface area contributed by atoms with E-state index in [0.29, 0.717) is 12.5 Å². The molecule has 0 fully saturated rings. The van der Waals surface area contributed by atoms with Gasteiger partial charge in [-0.2, -0.15) is 0 Å². The van der Waals surface area contributed by atoms with Crippen molar-refractivity contribution in [2.75, 3.05) is 13.6 Å². The van der Waals surface area contributed by atoms with Gasteiger partial charge in [0.2, 0.25) is 0 Å². The molecule has 3 rings (SSSR count). The number of hydrogen-bond acceptors (Lipinski definition) is 3. The largest absolute Gasteiger partial charge is 0.361 e. The third kappa shape index (κ3) is 4.43. The van der Waals surface area contributed by atoms with Crippen LogP contribution in [0.2, 0.25) is 0 Å². The average molecular weight is 370 g/mol. The van der Waals surface area contributed by atoms with Gasteiger partial charge in [0.25, 0.3) is 0 Å². The molecule has 0 aliphatic carbocycles. The summed E-state index contributed by atoms with van der Waals surface area (Å²) < 4.78 is 0. The highest BCUT2D eigenvalue weighted by molar-refractivity contribution is 7.09. The van der Waals surface area contributed by atoms with E-state index in [1.165, 1.54) is 27.0 Å². The molecule has 0 aliphatic rings. The zero-order valence-corrected chi connectivity index (χ0v) is 16.7. The van der Waals surface area contributed by atoms with Crippen LogP contribution in [-0.2, 0) is 13.0 Å². The van der Waals surface area contributed by atoms with Crippen molar-refractivity contribution < 1.29 is 0 Å². The summed E-state index contributed by atoms with van der Waals surface area (Å²) >= 11 is 1.72. The number of rotatable bonds is 6.